The summed E-state index contributed by atoms with van der Waals surface area (Å²) in [7, 11) is 0. The number of thiophene rings is 1. The minimum Gasteiger partial charge on any atom is -0.454 e. The van der Waals surface area contributed by atoms with Gasteiger partial charge in [-0.2, -0.15) is 0 Å². The number of rotatable bonds is 6. The molecule has 3 heterocycles. The fraction of sp³-hybridized carbons (Fsp3) is 0.318. The molecule has 8 heteroatoms. The van der Waals surface area contributed by atoms with Crippen molar-refractivity contribution in [3.8, 4) is 11.5 Å². The van der Waals surface area contributed by atoms with Gasteiger partial charge in [0.15, 0.2) is 22.4 Å². The number of benzene rings is 1. The highest BCUT2D eigenvalue weighted by atomic mass is 32.2. The predicted molar refractivity (Wildman–Crippen MR) is 118 cm³/mol. The van der Waals surface area contributed by atoms with Gasteiger partial charge in [0, 0.05) is 17.0 Å². The Kier molecular flexibility index (Phi) is 5.12. The van der Waals surface area contributed by atoms with E-state index in [2.05, 4.69) is 6.58 Å². The van der Waals surface area contributed by atoms with Gasteiger partial charge in [0.05, 0.1) is 11.1 Å². The van der Waals surface area contributed by atoms with E-state index in [1.54, 1.807) is 40.2 Å². The number of aromatic nitrogens is 2. The maximum absolute atomic E-state index is 13.3. The van der Waals surface area contributed by atoms with Gasteiger partial charge in [0.2, 0.25) is 6.79 Å². The lowest BCUT2D eigenvalue weighted by Crippen LogP contribution is -2.23. The summed E-state index contributed by atoms with van der Waals surface area (Å²) in [4.78, 5) is 32.9. The number of thioether (sulfide) groups is 1. The third-order valence-electron chi connectivity index (χ3n) is 5.38. The van der Waals surface area contributed by atoms with Crippen molar-refractivity contribution in [2.75, 3.05) is 12.5 Å². The number of hydrogen-bond donors (Lipinski definition) is 0. The molecular weight excluding hydrogens is 420 g/mol. The highest BCUT2D eigenvalue weighted by Gasteiger charge is 2.23. The van der Waals surface area contributed by atoms with Gasteiger partial charge in [0.1, 0.15) is 4.83 Å². The summed E-state index contributed by atoms with van der Waals surface area (Å²) >= 11 is 2.91. The van der Waals surface area contributed by atoms with Crippen molar-refractivity contribution < 1.29 is 14.3 Å². The second-order valence-corrected chi connectivity index (χ2v) is 9.30. The quantitative estimate of drug-likeness (QED) is 0.247. The van der Waals surface area contributed by atoms with E-state index in [-0.39, 0.29) is 23.9 Å². The van der Waals surface area contributed by atoms with E-state index in [9.17, 15) is 9.59 Å². The molecule has 154 valence electrons. The molecule has 0 saturated heterocycles. The summed E-state index contributed by atoms with van der Waals surface area (Å²) < 4.78 is 12.3. The summed E-state index contributed by atoms with van der Waals surface area (Å²) in [6.07, 6.45) is 5.92. The zero-order valence-corrected chi connectivity index (χ0v) is 17.9. The first kappa shape index (κ1) is 19.4. The van der Waals surface area contributed by atoms with Gasteiger partial charge in [0.25, 0.3) is 5.56 Å². The molecule has 6 nitrogen and oxygen atoms in total. The van der Waals surface area contributed by atoms with Gasteiger partial charge < -0.3 is 9.47 Å². The molecule has 1 aliphatic heterocycles. The summed E-state index contributed by atoms with van der Waals surface area (Å²) in [5.74, 6) is 1.36. The second-order valence-electron chi connectivity index (χ2n) is 7.27. The number of carbonyl (C=O) groups excluding carboxylic acids is 1. The van der Waals surface area contributed by atoms with Crippen molar-refractivity contribution >= 4 is 39.1 Å². The first-order valence-corrected chi connectivity index (χ1v) is 11.7. The predicted octanol–water partition coefficient (Wildman–Crippen LogP) is 4.23. The van der Waals surface area contributed by atoms with Crippen LogP contribution in [0.2, 0.25) is 0 Å². The number of nitrogens with zero attached hydrogens (tertiary/aromatic N) is 2. The maximum atomic E-state index is 13.3. The first-order valence-electron chi connectivity index (χ1n) is 9.87. The number of Topliss-reactive ketones (excluding diaryl/α,β-unsaturated/α-hetero) is 1. The summed E-state index contributed by atoms with van der Waals surface area (Å²) in [6, 6.07) is 5.18. The normalized spacial score (nSPS) is 14.7. The summed E-state index contributed by atoms with van der Waals surface area (Å²) in [5.41, 5.74) is 1.69. The molecule has 1 aromatic carbocycles. The molecule has 5 rings (SSSR count). The van der Waals surface area contributed by atoms with Crippen LogP contribution in [0.1, 0.15) is 33.6 Å². The molecule has 0 unspecified atom stereocenters. The Balaban J connectivity index is 1.46. The lowest BCUT2D eigenvalue weighted by molar-refractivity contribution is 0.102. The largest absolute Gasteiger partial charge is 0.454 e. The molecule has 0 radical (unpaired) electrons. The van der Waals surface area contributed by atoms with E-state index in [1.165, 1.54) is 22.2 Å². The molecule has 0 fully saturated rings. The maximum Gasteiger partial charge on any atom is 0.263 e. The topological polar surface area (TPSA) is 70.4 Å². The van der Waals surface area contributed by atoms with Crippen LogP contribution in [0.4, 0.5) is 0 Å². The Bertz CT molecular complexity index is 1230. The van der Waals surface area contributed by atoms with Gasteiger partial charge in [-0.15, -0.1) is 17.9 Å². The second kappa shape index (κ2) is 7.92. The van der Waals surface area contributed by atoms with Gasteiger partial charge in [-0.05, 0) is 49.4 Å². The van der Waals surface area contributed by atoms with Crippen LogP contribution < -0.4 is 15.0 Å². The van der Waals surface area contributed by atoms with E-state index in [1.807, 2.05) is 0 Å². The van der Waals surface area contributed by atoms with Crippen LogP contribution in [0.15, 0.2) is 40.8 Å². The number of hydrogen-bond acceptors (Lipinski definition) is 7. The Hall–Kier alpha value is -2.58. The van der Waals surface area contributed by atoms with Crippen LogP contribution in [-0.4, -0.2) is 27.9 Å². The first-order chi connectivity index (χ1) is 14.7. The number of fused-ring (bicyclic) bond motifs is 4. The average molecular weight is 441 g/mol. The molecule has 30 heavy (non-hydrogen) atoms. The number of aryl methyl sites for hydroxylation is 2. The molecule has 2 aromatic heterocycles. The molecule has 1 aliphatic carbocycles. The van der Waals surface area contributed by atoms with E-state index < -0.39 is 0 Å². The number of carbonyl (C=O) groups is 1. The van der Waals surface area contributed by atoms with Crippen LogP contribution in [0.3, 0.4) is 0 Å². The smallest absolute Gasteiger partial charge is 0.263 e. The van der Waals surface area contributed by atoms with Crippen molar-refractivity contribution in [1.29, 1.82) is 0 Å². The van der Waals surface area contributed by atoms with Gasteiger partial charge >= 0.3 is 0 Å². The van der Waals surface area contributed by atoms with Gasteiger partial charge in [-0.25, -0.2) is 4.98 Å². The number of ether oxygens (including phenoxy) is 2. The highest BCUT2D eigenvalue weighted by Crippen LogP contribution is 2.35. The highest BCUT2D eigenvalue weighted by molar-refractivity contribution is 7.99. The van der Waals surface area contributed by atoms with E-state index in [0.29, 0.717) is 28.8 Å². The van der Waals surface area contributed by atoms with Gasteiger partial charge in [-0.3, -0.25) is 14.2 Å². The lowest BCUT2D eigenvalue weighted by atomic mass is 9.97. The Labute approximate surface area is 181 Å². The molecule has 2 aliphatic rings. The van der Waals surface area contributed by atoms with Crippen LogP contribution in [0.25, 0.3) is 10.2 Å². The lowest BCUT2D eigenvalue weighted by Gasteiger charge is -2.12. The van der Waals surface area contributed by atoms with Crippen LogP contribution >= 0.6 is 23.1 Å². The fourth-order valence-electron chi connectivity index (χ4n) is 3.90. The Morgan fingerprint density at radius 2 is 2.10 bits per heavy atom. The molecule has 3 aromatic rings. The molecule has 0 bridgehead atoms. The van der Waals surface area contributed by atoms with Gasteiger partial charge in [-0.1, -0.05) is 17.8 Å². The number of ketones is 1. The molecule has 0 amide bonds. The zero-order valence-electron chi connectivity index (χ0n) is 16.3. The van der Waals surface area contributed by atoms with E-state index in [4.69, 9.17) is 14.5 Å². The Morgan fingerprint density at radius 3 is 2.97 bits per heavy atom. The van der Waals surface area contributed by atoms with Crippen molar-refractivity contribution in [1.82, 2.24) is 9.55 Å². The number of allylic oxidation sites excluding steroid dienone is 1. The summed E-state index contributed by atoms with van der Waals surface area (Å²) in [6.45, 7) is 4.32. The molecule has 0 spiro atoms. The van der Waals surface area contributed by atoms with E-state index >= 15 is 0 Å². The SMILES string of the molecule is C=CCn1c(SCC(=O)c2ccc3c(c2)OCO3)nc2sc3c(c2c1=O)CCCC3. The van der Waals surface area contributed by atoms with Crippen LogP contribution in [0.5, 0.6) is 11.5 Å². The van der Waals surface area contributed by atoms with Crippen molar-refractivity contribution in [2.24, 2.45) is 0 Å². The minimum absolute atomic E-state index is 0.0303. The van der Waals surface area contributed by atoms with Crippen molar-refractivity contribution in [2.45, 2.75) is 37.4 Å². The van der Waals surface area contributed by atoms with Crippen LogP contribution in [-0.2, 0) is 19.4 Å². The summed E-state index contributed by atoms with van der Waals surface area (Å²) in [5, 5.41) is 1.31. The van der Waals surface area contributed by atoms with Crippen LogP contribution in [0, 0.1) is 0 Å². The standard InChI is InChI=1S/C22H20N2O4S2/c1-2-9-24-21(26)19-14-5-3-4-6-18(14)30-20(19)23-22(24)29-11-15(25)13-7-8-16-17(10-13)28-12-27-16/h2,7-8,10H,1,3-6,9,11-12H2. The fourth-order valence-corrected chi connectivity index (χ4v) is 6.11. The Morgan fingerprint density at radius 1 is 1.27 bits per heavy atom. The average Bonchev–Trinajstić information content (AvgIpc) is 3.37. The van der Waals surface area contributed by atoms with Crippen molar-refractivity contribution in [3.63, 3.8) is 0 Å². The third kappa shape index (κ3) is 3.33. The third-order valence-corrected chi connectivity index (χ3v) is 7.54. The minimum atomic E-state index is -0.0525. The monoisotopic (exact) mass is 440 g/mol. The zero-order chi connectivity index (χ0) is 20.7. The van der Waals surface area contributed by atoms with E-state index in [0.717, 1.165) is 35.9 Å². The molecular formula is C22H20N2O4S2. The van der Waals surface area contributed by atoms with Crippen molar-refractivity contribution in [3.05, 3.63) is 57.2 Å². The molecule has 0 N–H and O–H groups in total. The molecule has 0 atom stereocenters. The molecule has 0 saturated carbocycles.